The van der Waals surface area contributed by atoms with Crippen LogP contribution in [0.5, 0.6) is 5.75 Å². The molecule has 2 aliphatic carbocycles. The molecule has 1 spiro atoms. The van der Waals surface area contributed by atoms with E-state index >= 15 is 0 Å². The van der Waals surface area contributed by atoms with Crippen LogP contribution in [-0.2, 0) is 46.4 Å². The maximum Gasteiger partial charge on any atom is 0.304 e. The number of amides is 2. The maximum atomic E-state index is 14.5. The summed E-state index contributed by atoms with van der Waals surface area (Å²) in [5.74, 6) is -3.65. The van der Waals surface area contributed by atoms with E-state index in [1.165, 1.54) is 10.5 Å². The second-order valence-corrected chi connectivity index (χ2v) is 27.9. The molecule has 4 aliphatic heterocycles. The first kappa shape index (κ1) is 48.3. The van der Waals surface area contributed by atoms with Gasteiger partial charge in [-0.15, -0.1) is 0 Å². The van der Waals surface area contributed by atoms with Gasteiger partial charge in [-0.25, -0.2) is 13.5 Å². The number of halogens is 3. The Labute approximate surface area is 389 Å². The van der Waals surface area contributed by atoms with Crippen molar-refractivity contribution in [1.29, 1.82) is 0 Å². The van der Waals surface area contributed by atoms with E-state index in [0.717, 1.165) is 42.0 Å². The first-order chi connectivity index (χ1) is 30.5. The molecule has 2 aromatic rings. The molecule has 13 nitrogen and oxygen atoms in total. The van der Waals surface area contributed by atoms with E-state index in [9.17, 15) is 31.9 Å². The lowest BCUT2D eigenvalue weighted by molar-refractivity contribution is -0.148. The van der Waals surface area contributed by atoms with Crippen LogP contribution < -0.4 is 14.4 Å². The largest absolute Gasteiger partial charge is 0.490 e. The molecular formula is C47H66ClF2N5O8SSi. The Hall–Kier alpha value is -3.16. The van der Waals surface area contributed by atoms with Crippen LogP contribution >= 0.6 is 11.6 Å². The van der Waals surface area contributed by atoms with Gasteiger partial charge in [-0.2, -0.15) is 12.7 Å². The number of rotatable bonds is 9. The molecule has 5 atom stereocenters. The smallest absolute Gasteiger partial charge is 0.304 e. The Bertz CT molecular complexity index is 2270. The van der Waals surface area contributed by atoms with Gasteiger partial charge in [-0.1, -0.05) is 56.7 Å². The lowest BCUT2D eigenvalue weighted by Gasteiger charge is -2.46. The van der Waals surface area contributed by atoms with Gasteiger partial charge in [0.25, 0.3) is 11.8 Å². The number of aryl methyl sites for hydroxylation is 1. The molecular weight excluding hydrogens is 896 g/mol. The molecule has 2 aromatic carbocycles. The minimum atomic E-state index is -4.44. The van der Waals surface area contributed by atoms with Crippen molar-refractivity contribution < 1.29 is 45.8 Å². The number of hydrogen-bond acceptors (Lipinski definition) is 10. The predicted molar refractivity (Wildman–Crippen MR) is 248 cm³/mol. The number of ether oxygens (including phenoxy) is 2. The van der Waals surface area contributed by atoms with Crippen LogP contribution in [0, 0.1) is 11.8 Å². The van der Waals surface area contributed by atoms with Gasteiger partial charge in [0.1, 0.15) is 5.75 Å². The maximum absolute atomic E-state index is 14.5. The van der Waals surface area contributed by atoms with Crippen molar-refractivity contribution in [2.24, 2.45) is 11.8 Å². The van der Waals surface area contributed by atoms with E-state index in [0.29, 0.717) is 55.7 Å². The molecule has 0 radical (unpaired) electrons. The number of nitrogens with zero attached hydrogens (tertiary/aromatic N) is 4. The van der Waals surface area contributed by atoms with Crippen LogP contribution in [0.25, 0.3) is 0 Å². The minimum Gasteiger partial charge on any atom is -0.490 e. The third-order valence-electron chi connectivity index (χ3n) is 15.3. The van der Waals surface area contributed by atoms with Gasteiger partial charge in [-0.05, 0) is 109 Å². The van der Waals surface area contributed by atoms with Gasteiger partial charge in [0, 0.05) is 56.8 Å². The summed E-state index contributed by atoms with van der Waals surface area (Å²) in [5, 5.41) is 13.3. The summed E-state index contributed by atoms with van der Waals surface area (Å²) in [7, 11) is -5.05. The van der Waals surface area contributed by atoms with Gasteiger partial charge < -0.3 is 28.8 Å². The normalized spacial score (nSPS) is 29.6. The molecule has 6 aliphatic rings. The molecule has 65 heavy (non-hydrogen) atoms. The fourth-order valence-electron chi connectivity index (χ4n) is 10.1. The predicted octanol–water partition coefficient (Wildman–Crippen LogP) is 6.24. The number of aliphatic hydroxyl groups is 1. The highest BCUT2D eigenvalue weighted by molar-refractivity contribution is 7.87. The fourth-order valence-corrected chi connectivity index (χ4v) is 12.9. The van der Waals surface area contributed by atoms with Crippen molar-refractivity contribution in [3.8, 4) is 5.75 Å². The second kappa shape index (κ2) is 18.1. The third kappa shape index (κ3) is 10.0. The van der Waals surface area contributed by atoms with E-state index in [2.05, 4.69) is 49.6 Å². The third-order valence-corrected chi connectivity index (χ3v) is 21.5. The quantitative estimate of drug-likeness (QED) is 0.220. The minimum absolute atomic E-state index is 0.0520. The Morgan fingerprint density at radius 2 is 1.83 bits per heavy atom. The number of hydrogen-bond donors (Lipinski definition) is 2. The Morgan fingerprint density at radius 3 is 2.52 bits per heavy atom. The van der Waals surface area contributed by atoms with Gasteiger partial charge >= 0.3 is 10.2 Å². The Morgan fingerprint density at radius 1 is 1.08 bits per heavy atom. The van der Waals surface area contributed by atoms with Crippen LogP contribution in [0.2, 0.25) is 23.2 Å². The van der Waals surface area contributed by atoms with E-state index in [-0.39, 0.29) is 67.4 Å². The van der Waals surface area contributed by atoms with Gasteiger partial charge in [0.15, 0.2) is 13.9 Å². The average molecular weight is 963 g/mol. The molecule has 358 valence electrons. The zero-order chi connectivity index (χ0) is 46.7. The van der Waals surface area contributed by atoms with Crippen molar-refractivity contribution in [1.82, 2.24) is 18.8 Å². The second-order valence-electron chi connectivity index (χ2n) is 21.0. The highest BCUT2D eigenvalue weighted by Gasteiger charge is 2.50. The van der Waals surface area contributed by atoms with Crippen molar-refractivity contribution in [3.63, 3.8) is 0 Å². The molecule has 8 rings (SSSR count). The Balaban J connectivity index is 1.12. The molecule has 3 fully saturated rings. The van der Waals surface area contributed by atoms with E-state index in [1.54, 1.807) is 30.1 Å². The lowest BCUT2D eigenvalue weighted by Crippen LogP contribution is -2.63. The van der Waals surface area contributed by atoms with Crippen molar-refractivity contribution in [2.45, 2.75) is 113 Å². The number of anilines is 1. The summed E-state index contributed by atoms with van der Waals surface area (Å²) < 4.78 is 77.8. The summed E-state index contributed by atoms with van der Waals surface area (Å²) in [6.07, 6.45) is 7.57. The fraction of sp³-hybridized carbons (Fsp3) is 0.660. The van der Waals surface area contributed by atoms with Crippen molar-refractivity contribution in [2.75, 3.05) is 77.5 Å². The standard InChI is InChI=1S/C47H66ClF2N5O8SSi/c1-44(2,3)65(5,6)63-36-26-55(27-36)64(59,60)51-43(57)47(58)24-42(56)52(4)19-8-7-11-40(61-21-20-53-29-46(49,50)30-53)37-15-12-33(37)25-54-28-45(31-62-41-17-13-34(47)23-39(41)54)18-9-10-32-22-35(48)14-16-38(32)45/h7,11,13-14,16-17,22-23,33,36-37,40,58H,8-10,12,15,18-21,24-31H2,1-6H3,(H,51,57)/b11-7+/t33-,37+,40-,45-,47+/m0/s1. The number of alkyl halides is 2. The van der Waals surface area contributed by atoms with Crippen molar-refractivity contribution >= 4 is 47.6 Å². The summed E-state index contributed by atoms with van der Waals surface area (Å²) in [6.45, 7) is 12.5. The van der Waals surface area contributed by atoms with Gasteiger partial charge in [0.05, 0.1) is 50.6 Å². The molecule has 1 saturated carbocycles. The van der Waals surface area contributed by atoms with Crippen LogP contribution in [0.1, 0.15) is 76.0 Å². The van der Waals surface area contributed by atoms with Crippen LogP contribution in [0.15, 0.2) is 48.6 Å². The summed E-state index contributed by atoms with van der Waals surface area (Å²) >= 11 is 6.52. The number of likely N-dealkylation sites (tertiary alicyclic amines) is 1. The molecule has 2 N–H and O–H groups in total. The molecule has 2 saturated heterocycles. The summed E-state index contributed by atoms with van der Waals surface area (Å²) in [6, 6.07) is 11.0. The average Bonchev–Trinajstić information content (AvgIpc) is 3.33. The SMILES string of the molecule is CN1CC/C=C/[C@H](OCCN2CC(F)(F)C2)[C@@H]2CC[C@H]2CN2C[C@@]3(CCCc4cc(Cl)ccc43)COc3ccc(cc32)[C@@](O)(C(=O)NS(=O)(=O)N2CC(O[Si](C)(C)C(C)(C)C)C2)CC1=O. The highest BCUT2D eigenvalue weighted by Crippen LogP contribution is 2.48. The van der Waals surface area contributed by atoms with E-state index in [1.807, 2.05) is 24.3 Å². The summed E-state index contributed by atoms with van der Waals surface area (Å²) in [4.78, 5) is 33.9. The zero-order valence-corrected chi connectivity index (χ0v) is 41.2. The number of fused-ring (bicyclic) bond motifs is 4. The summed E-state index contributed by atoms with van der Waals surface area (Å²) in [5.41, 5.74) is -0.0156. The monoisotopic (exact) mass is 961 g/mol. The zero-order valence-electron chi connectivity index (χ0n) is 38.6. The van der Waals surface area contributed by atoms with Gasteiger partial charge in [-0.3, -0.25) is 14.5 Å². The van der Waals surface area contributed by atoms with Crippen molar-refractivity contribution in [3.05, 3.63) is 70.3 Å². The first-order valence-corrected chi connectivity index (χ1v) is 27.9. The molecule has 2 bridgehead atoms. The number of carbonyl (C=O) groups is 2. The van der Waals surface area contributed by atoms with Crippen LogP contribution in [0.4, 0.5) is 14.5 Å². The topological polar surface area (TPSA) is 141 Å². The number of carbonyl (C=O) groups excluding carboxylic acids is 2. The van der Waals surface area contributed by atoms with Crippen LogP contribution in [0.3, 0.4) is 0 Å². The molecule has 0 unspecified atom stereocenters. The van der Waals surface area contributed by atoms with E-state index < -0.39 is 53.7 Å². The van der Waals surface area contributed by atoms with Crippen LogP contribution in [-0.4, -0.2) is 139 Å². The molecule has 18 heteroatoms. The number of benzene rings is 2. The molecule has 2 amide bonds. The highest BCUT2D eigenvalue weighted by atomic mass is 35.5. The lowest BCUT2D eigenvalue weighted by atomic mass is 9.68. The molecule has 0 aromatic heterocycles. The van der Waals surface area contributed by atoms with Gasteiger partial charge in [0.2, 0.25) is 5.91 Å². The molecule has 4 heterocycles. The first-order valence-electron chi connectivity index (χ1n) is 23.1. The van der Waals surface area contributed by atoms with E-state index in [4.69, 9.17) is 25.5 Å². The Kier molecular flexibility index (Phi) is 13.4. The number of nitrogens with one attached hydrogen (secondary N) is 1.